The second-order valence-electron chi connectivity index (χ2n) is 7.75. The number of hydrogen-bond acceptors (Lipinski definition) is 5. The van der Waals surface area contributed by atoms with Crippen LogP contribution in [0.5, 0.6) is 5.75 Å². The Labute approximate surface area is 202 Å². The molecule has 1 aliphatic rings. The highest BCUT2D eigenvalue weighted by Crippen LogP contribution is 2.26. The van der Waals surface area contributed by atoms with Crippen LogP contribution in [0, 0.1) is 12.8 Å². The van der Waals surface area contributed by atoms with E-state index in [1.165, 1.54) is 5.56 Å². The van der Waals surface area contributed by atoms with Crippen LogP contribution < -0.4 is 15.4 Å². The van der Waals surface area contributed by atoms with Gasteiger partial charge in [0, 0.05) is 44.1 Å². The standard InChI is InChI=1S/C22H34N6O2.HI/c1-5-21-27-25-15-28(21)10-9-23-22(24-13-18-8-11-30-14-18)26-17(3)19-12-16(2)6-7-20(19)29-4;/h6-7,12,15,17-18H,5,8-11,13-14H2,1-4H3,(H2,23,24,26);1H. The fourth-order valence-corrected chi connectivity index (χ4v) is 3.61. The van der Waals surface area contributed by atoms with Gasteiger partial charge in [0.05, 0.1) is 19.8 Å². The van der Waals surface area contributed by atoms with Crippen molar-refractivity contribution in [3.8, 4) is 5.75 Å². The summed E-state index contributed by atoms with van der Waals surface area (Å²) in [6.45, 7) is 10.2. The van der Waals surface area contributed by atoms with E-state index in [1.807, 2.05) is 6.07 Å². The third kappa shape index (κ3) is 7.34. The van der Waals surface area contributed by atoms with Gasteiger partial charge in [-0.3, -0.25) is 4.99 Å². The molecule has 2 atom stereocenters. The maximum atomic E-state index is 5.57. The van der Waals surface area contributed by atoms with Crippen LogP contribution in [0.3, 0.4) is 0 Å². The number of ether oxygens (including phenoxy) is 2. The van der Waals surface area contributed by atoms with Crippen molar-refractivity contribution in [3.63, 3.8) is 0 Å². The molecule has 1 aliphatic heterocycles. The molecule has 2 aromatic rings. The highest BCUT2D eigenvalue weighted by molar-refractivity contribution is 14.0. The average molecular weight is 542 g/mol. The van der Waals surface area contributed by atoms with Crippen molar-refractivity contribution < 1.29 is 9.47 Å². The van der Waals surface area contributed by atoms with Crippen LogP contribution in [0.25, 0.3) is 0 Å². The molecule has 2 N–H and O–H groups in total. The summed E-state index contributed by atoms with van der Waals surface area (Å²) in [6.07, 6.45) is 3.71. The zero-order valence-electron chi connectivity index (χ0n) is 18.9. The normalized spacial score (nSPS) is 17.2. The van der Waals surface area contributed by atoms with E-state index in [-0.39, 0.29) is 30.0 Å². The van der Waals surface area contributed by atoms with Gasteiger partial charge in [-0.1, -0.05) is 24.6 Å². The van der Waals surface area contributed by atoms with Gasteiger partial charge in [0.25, 0.3) is 0 Å². The van der Waals surface area contributed by atoms with E-state index >= 15 is 0 Å². The first-order valence-corrected chi connectivity index (χ1v) is 10.7. The minimum atomic E-state index is 0. The van der Waals surface area contributed by atoms with Crippen LogP contribution >= 0.6 is 24.0 Å². The summed E-state index contributed by atoms with van der Waals surface area (Å²) >= 11 is 0. The number of hydrogen-bond donors (Lipinski definition) is 2. The number of aryl methyl sites for hydroxylation is 2. The van der Waals surface area contributed by atoms with Crippen molar-refractivity contribution in [2.45, 2.75) is 46.2 Å². The number of aromatic nitrogens is 3. The van der Waals surface area contributed by atoms with E-state index in [4.69, 9.17) is 14.5 Å². The van der Waals surface area contributed by atoms with Crippen LogP contribution in [0.2, 0.25) is 0 Å². The zero-order valence-corrected chi connectivity index (χ0v) is 21.3. The molecule has 0 spiro atoms. The molecule has 3 rings (SSSR count). The van der Waals surface area contributed by atoms with E-state index in [9.17, 15) is 0 Å². The Morgan fingerprint density at radius 2 is 2.26 bits per heavy atom. The molecule has 0 radical (unpaired) electrons. The van der Waals surface area contributed by atoms with E-state index in [0.717, 1.165) is 68.8 Å². The first kappa shape index (κ1) is 25.4. The lowest BCUT2D eigenvalue weighted by Crippen LogP contribution is -2.40. The highest BCUT2D eigenvalue weighted by atomic mass is 127. The molecule has 9 heteroatoms. The van der Waals surface area contributed by atoms with E-state index < -0.39 is 0 Å². The minimum Gasteiger partial charge on any atom is -0.496 e. The topological polar surface area (TPSA) is 85.6 Å². The number of nitrogens with one attached hydrogen (secondary N) is 2. The fraction of sp³-hybridized carbons (Fsp3) is 0.591. The van der Waals surface area contributed by atoms with Gasteiger partial charge < -0.3 is 24.7 Å². The molecule has 0 saturated carbocycles. The number of halogens is 1. The molecule has 1 fully saturated rings. The number of guanidine groups is 1. The Balaban J connectivity index is 0.00000341. The molecule has 172 valence electrons. The summed E-state index contributed by atoms with van der Waals surface area (Å²) < 4.78 is 13.1. The average Bonchev–Trinajstić information content (AvgIpc) is 3.43. The minimum absolute atomic E-state index is 0. The fourth-order valence-electron chi connectivity index (χ4n) is 3.61. The number of nitrogens with zero attached hydrogens (tertiary/aromatic N) is 4. The number of aliphatic imine (C=N–C) groups is 1. The van der Waals surface area contributed by atoms with Gasteiger partial charge in [0.15, 0.2) is 5.96 Å². The lowest BCUT2D eigenvalue weighted by molar-refractivity contribution is 0.187. The molecule has 1 aromatic carbocycles. The van der Waals surface area contributed by atoms with Crippen molar-refractivity contribution in [2.75, 3.05) is 33.4 Å². The molecule has 0 aliphatic carbocycles. The summed E-state index contributed by atoms with van der Waals surface area (Å²) in [4.78, 5) is 4.84. The smallest absolute Gasteiger partial charge is 0.191 e. The van der Waals surface area contributed by atoms with E-state index in [1.54, 1.807) is 13.4 Å². The van der Waals surface area contributed by atoms with Crippen molar-refractivity contribution in [1.82, 2.24) is 25.4 Å². The second-order valence-corrected chi connectivity index (χ2v) is 7.75. The molecule has 2 unspecified atom stereocenters. The summed E-state index contributed by atoms with van der Waals surface area (Å²) in [5, 5.41) is 15.2. The van der Waals surface area contributed by atoms with Crippen LogP contribution in [-0.2, 0) is 17.7 Å². The molecule has 31 heavy (non-hydrogen) atoms. The second kappa shape index (κ2) is 12.8. The Kier molecular flexibility index (Phi) is 10.5. The maximum absolute atomic E-state index is 5.57. The van der Waals surface area contributed by atoms with Crippen LogP contribution in [-0.4, -0.2) is 54.1 Å². The van der Waals surface area contributed by atoms with Gasteiger partial charge in [-0.2, -0.15) is 0 Å². The van der Waals surface area contributed by atoms with E-state index in [0.29, 0.717) is 5.92 Å². The van der Waals surface area contributed by atoms with Crippen LogP contribution in [0.4, 0.5) is 0 Å². The Bertz CT molecular complexity index is 835. The van der Waals surface area contributed by atoms with Gasteiger partial charge in [-0.25, -0.2) is 0 Å². The molecule has 1 aromatic heterocycles. The summed E-state index contributed by atoms with van der Waals surface area (Å²) in [5.74, 6) is 3.14. The van der Waals surface area contributed by atoms with Crippen molar-refractivity contribution >= 4 is 29.9 Å². The van der Waals surface area contributed by atoms with E-state index in [2.05, 4.69) is 58.3 Å². The predicted octanol–water partition coefficient (Wildman–Crippen LogP) is 3.11. The lowest BCUT2D eigenvalue weighted by atomic mass is 10.0. The molecular weight excluding hydrogens is 507 g/mol. The van der Waals surface area contributed by atoms with Gasteiger partial charge in [0.2, 0.25) is 0 Å². The van der Waals surface area contributed by atoms with Crippen LogP contribution in [0.15, 0.2) is 29.5 Å². The number of methoxy groups -OCH3 is 1. The molecule has 8 nitrogen and oxygen atoms in total. The van der Waals surface area contributed by atoms with Crippen molar-refractivity contribution in [1.29, 1.82) is 0 Å². The first-order chi connectivity index (χ1) is 14.6. The van der Waals surface area contributed by atoms with Gasteiger partial charge in [-0.15, -0.1) is 34.2 Å². The lowest BCUT2D eigenvalue weighted by Gasteiger charge is -2.21. The quantitative estimate of drug-likeness (QED) is 0.288. The molecule has 0 amide bonds. The molecular formula is C22H35IN6O2. The summed E-state index contributed by atoms with van der Waals surface area (Å²) in [6, 6.07) is 6.28. The largest absolute Gasteiger partial charge is 0.496 e. The Hall–Kier alpha value is -1.88. The highest BCUT2D eigenvalue weighted by Gasteiger charge is 2.17. The van der Waals surface area contributed by atoms with Crippen LogP contribution in [0.1, 0.15) is 43.3 Å². The first-order valence-electron chi connectivity index (χ1n) is 10.7. The molecule has 1 saturated heterocycles. The van der Waals surface area contributed by atoms with Crippen molar-refractivity contribution in [3.05, 3.63) is 41.5 Å². The SMILES string of the molecule is CCc1nncn1CCNC(=NCC1CCOC1)NC(C)c1cc(C)ccc1OC.I. The third-order valence-corrected chi connectivity index (χ3v) is 5.39. The van der Waals surface area contributed by atoms with Gasteiger partial charge >= 0.3 is 0 Å². The third-order valence-electron chi connectivity index (χ3n) is 5.39. The van der Waals surface area contributed by atoms with Gasteiger partial charge in [-0.05, 0) is 26.3 Å². The molecule has 2 heterocycles. The predicted molar refractivity (Wildman–Crippen MR) is 133 cm³/mol. The number of benzene rings is 1. The summed E-state index contributed by atoms with van der Waals surface area (Å²) in [5.41, 5.74) is 2.32. The summed E-state index contributed by atoms with van der Waals surface area (Å²) in [7, 11) is 1.71. The Morgan fingerprint density at radius 1 is 1.42 bits per heavy atom. The van der Waals surface area contributed by atoms with Crippen molar-refractivity contribution in [2.24, 2.45) is 10.9 Å². The van der Waals surface area contributed by atoms with Gasteiger partial charge in [0.1, 0.15) is 17.9 Å². The number of rotatable bonds is 9. The monoisotopic (exact) mass is 542 g/mol. The molecule has 0 bridgehead atoms. The zero-order chi connectivity index (χ0) is 21.3. The maximum Gasteiger partial charge on any atom is 0.191 e. The Morgan fingerprint density at radius 3 is 2.97 bits per heavy atom.